The quantitative estimate of drug-likeness (QED) is 0.417. The van der Waals surface area contributed by atoms with Gasteiger partial charge in [-0.1, -0.05) is 17.7 Å². The normalized spacial score (nSPS) is 14.7. The third-order valence-electron chi connectivity index (χ3n) is 5.81. The van der Waals surface area contributed by atoms with Gasteiger partial charge in [-0.25, -0.2) is 0 Å². The van der Waals surface area contributed by atoms with Crippen molar-refractivity contribution in [2.45, 2.75) is 12.5 Å². The predicted octanol–water partition coefficient (Wildman–Crippen LogP) is 5.74. The summed E-state index contributed by atoms with van der Waals surface area (Å²) in [6.45, 7) is 1.12. The van der Waals surface area contributed by atoms with Gasteiger partial charge in [-0.3, -0.25) is 0 Å². The smallest absolute Gasteiger partial charge is 0.174 e. The van der Waals surface area contributed by atoms with Crippen LogP contribution in [-0.2, 0) is 6.42 Å². The Morgan fingerprint density at radius 2 is 1.68 bits per heavy atom. The Morgan fingerprint density at radius 3 is 2.35 bits per heavy atom. The lowest BCUT2D eigenvalue weighted by Gasteiger charge is -2.39. The molecule has 3 aromatic rings. The molecule has 0 spiro atoms. The van der Waals surface area contributed by atoms with Crippen LogP contribution in [0.25, 0.3) is 0 Å². The Bertz CT molecular complexity index is 1160. The van der Waals surface area contributed by atoms with E-state index in [1.807, 2.05) is 60.7 Å². The summed E-state index contributed by atoms with van der Waals surface area (Å²) in [6, 6.07) is 19.0. The van der Waals surface area contributed by atoms with Gasteiger partial charge in [0, 0.05) is 17.3 Å². The van der Waals surface area contributed by atoms with E-state index in [1.54, 1.807) is 21.3 Å². The number of fused-ring (bicyclic) bond motifs is 1. The lowest BCUT2D eigenvalue weighted by atomic mass is 9.92. The van der Waals surface area contributed by atoms with Gasteiger partial charge in [-0.05, 0) is 84.4 Å². The van der Waals surface area contributed by atoms with E-state index in [0.29, 0.717) is 28.2 Å². The highest BCUT2D eigenvalue weighted by atomic mass is 35.5. The molecule has 0 aromatic heterocycles. The van der Waals surface area contributed by atoms with E-state index >= 15 is 0 Å². The van der Waals surface area contributed by atoms with Gasteiger partial charge in [0.1, 0.15) is 18.1 Å². The highest BCUT2D eigenvalue weighted by Gasteiger charge is 2.31. The van der Waals surface area contributed by atoms with Gasteiger partial charge in [0.05, 0.1) is 27.4 Å². The number of ether oxygens (including phenoxy) is 4. The minimum atomic E-state index is -0.134. The third-order valence-corrected chi connectivity index (χ3v) is 6.38. The van der Waals surface area contributed by atoms with Crippen molar-refractivity contribution in [2.24, 2.45) is 0 Å². The van der Waals surface area contributed by atoms with E-state index in [-0.39, 0.29) is 6.04 Å². The van der Waals surface area contributed by atoms with Crippen LogP contribution < -0.4 is 24.3 Å². The van der Waals surface area contributed by atoms with Crippen LogP contribution in [0.2, 0.25) is 5.02 Å². The molecule has 178 valence electrons. The third kappa shape index (κ3) is 5.32. The predicted molar refractivity (Wildman–Crippen MR) is 139 cm³/mol. The maximum absolute atomic E-state index is 6.20. The summed E-state index contributed by atoms with van der Waals surface area (Å²) in [4.78, 5) is 2.15. The molecule has 1 aliphatic rings. The van der Waals surface area contributed by atoms with Gasteiger partial charge in [0.25, 0.3) is 0 Å². The molecular weight excluding hydrogens is 472 g/mol. The van der Waals surface area contributed by atoms with E-state index in [9.17, 15) is 0 Å². The Hall–Kier alpha value is -3.16. The number of halogens is 1. The number of hydrogen-bond donors (Lipinski definition) is 1. The fourth-order valence-corrected chi connectivity index (χ4v) is 4.59. The van der Waals surface area contributed by atoms with Crippen LogP contribution in [0.15, 0.2) is 60.7 Å². The number of nitrogens with zero attached hydrogens (tertiary/aromatic N) is 1. The summed E-state index contributed by atoms with van der Waals surface area (Å²) in [5.41, 5.74) is 3.11. The zero-order chi connectivity index (χ0) is 24.1. The van der Waals surface area contributed by atoms with E-state index in [4.69, 9.17) is 42.8 Å². The molecule has 0 bridgehead atoms. The zero-order valence-electron chi connectivity index (χ0n) is 19.3. The maximum atomic E-state index is 6.20. The van der Waals surface area contributed by atoms with E-state index in [2.05, 4.69) is 10.2 Å². The second-order valence-corrected chi connectivity index (χ2v) is 8.62. The molecule has 4 rings (SSSR count). The minimum absolute atomic E-state index is 0.134. The molecule has 8 heteroatoms. The van der Waals surface area contributed by atoms with Crippen molar-refractivity contribution in [1.29, 1.82) is 0 Å². The molecule has 0 fully saturated rings. The standard InChI is InChI=1S/C26H27ClN2O4S/c1-30-20-7-9-21(10-8-20)33-16-23-22-15-25(32-3)24(31-2)13-17(22)11-12-29(23)26(34)28-19-6-4-5-18(27)14-19/h4-10,13-15,23H,11-12,16H2,1-3H3,(H,28,34). The summed E-state index contributed by atoms with van der Waals surface area (Å²) in [5, 5.41) is 4.57. The Labute approximate surface area is 210 Å². The number of nitrogens with one attached hydrogen (secondary N) is 1. The highest BCUT2D eigenvalue weighted by Crippen LogP contribution is 2.39. The minimum Gasteiger partial charge on any atom is -0.497 e. The van der Waals surface area contributed by atoms with Gasteiger partial charge >= 0.3 is 0 Å². The average Bonchev–Trinajstić information content (AvgIpc) is 2.86. The molecule has 0 radical (unpaired) electrons. The van der Waals surface area contributed by atoms with Crippen molar-refractivity contribution >= 4 is 34.6 Å². The van der Waals surface area contributed by atoms with Crippen LogP contribution in [0, 0.1) is 0 Å². The molecule has 1 heterocycles. The topological polar surface area (TPSA) is 52.2 Å². The number of rotatable bonds is 7. The van der Waals surface area contributed by atoms with E-state index in [1.165, 1.54) is 5.56 Å². The maximum Gasteiger partial charge on any atom is 0.174 e. The highest BCUT2D eigenvalue weighted by molar-refractivity contribution is 7.80. The first-order valence-corrected chi connectivity index (χ1v) is 11.7. The van der Waals surface area contributed by atoms with Crippen molar-refractivity contribution in [3.63, 3.8) is 0 Å². The lowest BCUT2D eigenvalue weighted by molar-refractivity contribution is 0.190. The molecular formula is C26H27ClN2O4S. The van der Waals surface area contributed by atoms with E-state index in [0.717, 1.165) is 35.7 Å². The molecule has 1 N–H and O–H groups in total. The van der Waals surface area contributed by atoms with Gasteiger partial charge in [-0.15, -0.1) is 0 Å². The van der Waals surface area contributed by atoms with Crippen molar-refractivity contribution in [2.75, 3.05) is 39.8 Å². The molecule has 6 nitrogen and oxygen atoms in total. The summed E-state index contributed by atoms with van der Waals surface area (Å²) in [7, 11) is 4.93. The number of thiocarbonyl (C=S) groups is 1. The molecule has 0 saturated heterocycles. The van der Waals surface area contributed by atoms with Crippen molar-refractivity contribution < 1.29 is 18.9 Å². The van der Waals surface area contributed by atoms with Crippen LogP contribution in [-0.4, -0.2) is 44.5 Å². The van der Waals surface area contributed by atoms with Crippen molar-refractivity contribution in [3.8, 4) is 23.0 Å². The van der Waals surface area contributed by atoms with Crippen molar-refractivity contribution in [3.05, 3.63) is 76.8 Å². The van der Waals surface area contributed by atoms with E-state index < -0.39 is 0 Å². The van der Waals surface area contributed by atoms with Gasteiger partial charge in [0.15, 0.2) is 16.6 Å². The summed E-state index contributed by atoms with van der Waals surface area (Å²) >= 11 is 12.0. The first kappa shape index (κ1) is 24.0. The molecule has 3 aromatic carbocycles. The summed E-state index contributed by atoms with van der Waals surface area (Å²) in [6.07, 6.45) is 0.812. The Balaban J connectivity index is 1.63. The number of benzene rings is 3. The molecule has 1 atom stereocenters. The second kappa shape index (κ2) is 10.8. The van der Waals surface area contributed by atoms with Crippen molar-refractivity contribution in [1.82, 2.24) is 4.90 Å². The molecule has 34 heavy (non-hydrogen) atoms. The molecule has 0 aliphatic carbocycles. The molecule has 0 amide bonds. The average molecular weight is 499 g/mol. The van der Waals surface area contributed by atoms with Crippen LogP contribution in [0.1, 0.15) is 17.2 Å². The lowest BCUT2D eigenvalue weighted by Crippen LogP contribution is -2.44. The van der Waals surface area contributed by atoms with Crippen LogP contribution in [0.3, 0.4) is 0 Å². The first-order chi connectivity index (χ1) is 16.5. The van der Waals surface area contributed by atoms with Gasteiger partial charge < -0.3 is 29.2 Å². The van der Waals surface area contributed by atoms with Gasteiger partial charge in [-0.2, -0.15) is 0 Å². The number of hydrogen-bond acceptors (Lipinski definition) is 5. The van der Waals surface area contributed by atoms with Crippen LogP contribution in [0.5, 0.6) is 23.0 Å². The monoisotopic (exact) mass is 498 g/mol. The SMILES string of the molecule is COc1ccc(OCC2c3cc(OC)c(OC)cc3CCN2C(=S)Nc2cccc(Cl)c2)cc1. The summed E-state index contributed by atoms with van der Waals surface area (Å²) in [5.74, 6) is 2.92. The molecule has 1 unspecified atom stereocenters. The molecule has 0 saturated carbocycles. The largest absolute Gasteiger partial charge is 0.497 e. The fraction of sp³-hybridized carbons (Fsp3) is 0.269. The van der Waals surface area contributed by atoms with Gasteiger partial charge in [0.2, 0.25) is 0 Å². The zero-order valence-corrected chi connectivity index (χ0v) is 20.9. The molecule has 1 aliphatic heterocycles. The Morgan fingerprint density at radius 1 is 0.971 bits per heavy atom. The number of anilines is 1. The second-order valence-electron chi connectivity index (χ2n) is 7.79. The Kier molecular flexibility index (Phi) is 7.65. The van der Waals surface area contributed by atoms with Crippen LogP contribution >= 0.6 is 23.8 Å². The summed E-state index contributed by atoms with van der Waals surface area (Å²) < 4.78 is 22.6. The first-order valence-electron chi connectivity index (χ1n) is 10.9. The van der Waals surface area contributed by atoms with Crippen LogP contribution in [0.4, 0.5) is 5.69 Å². The fourth-order valence-electron chi connectivity index (χ4n) is 4.06. The number of methoxy groups -OCH3 is 3.